The van der Waals surface area contributed by atoms with E-state index in [1.54, 1.807) is 0 Å². The van der Waals surface area contributed by atoms with Crippen LogP contribution in [0.5, 0.6) is 0 Å². The number of amides is 1. The molecule has 21 heavy (non-hydrogen) atoms. The van der Waals surface area contributed by atoms with Gasteiger partial charge in [0, 0.05) is 13.6 Å². The Morgan fingerprint density at radius 3 is 3.00 bits per heavy atom. The van der Waals surface area contributed by atoms with Gasteiger partial charge >= 0.3 is 0 Å². The summed E-state index contributed by atoms with van der Waals surface area (Å²) in [5.74, 6) is 0.746. The molecule has 112 valence electrons. The summed E-state index contributed by atoms with van der Waals surface area (Å²) in [6.45, 7) is 0.867. The molecule has 0 unspecified atom stereocenters. The second kappa shape index (κ2) is 5.83. The molecule has 1 aromatic heterocycles. The molecule has 0 radical (unpaired) electrons. The summed E-state index contributed by atoms with van der Waals surface area (Å²) in [6, 6.07) is 7.91. The van der Waals surface area contributed by atoms with Gasteiger partial charge in [0.25, 0.3) is 0 Å². The lowest BCUT2D eigenvalue weighted by atomic mass is 10.2. The fourth-order valence-corrected chi connectivity index (χ4v) is 2.71. The van der Waals surface area contributed by atoms with E-state index in [0.717, 1.165) is 29.7 Å². The lowest BCUT2D eigenvalue weighted by Crippen LogP contribution is -2.35. The highest BCUT2D eigenvalue weighted by atomic mass is 16.5. The number of fused-ring (bicyclic) bond motifs is 1. The Morgan fingerprint density at radius 1 is 1.48 bits per heavy atom. The number of ether oxygens (including phenoxy) is 1. The molecule has 0 spiro atoms. The summed E-state index contributed by atoms with van der Waals surface area (Å²) in [7, 11) is 1.95. The number of carbonyl (C=O) groups excluding carboxylic acids is 1. The molecular formula is C15H20N4O2. The molecular weight excluding hydrogens is 268 g/mol. The van der Waals surface area contributed by atoms with Crippen molar-refractivity contribution < 1.29 is 9.53 Å². The Morgan fingerprint density at radius 2 is 2.29 bits per heavy atom. The molecule has 1 aromatic carbocycles. The average Bonchev–Trinajstić information content (AvgIpc) is 3.10. The van der Waals surface area contributed by atoms with E-state index in [1.807, 2.05) is 35.9 Å². The van der Waals surface area contributed by atoms with Crippen molar-refractivity contribution in [2.45, 2.75) is 31.6 Å². The quantitative estimate of drug-likeness (QED) is 0.867. The van der Waals surface area contributed by atoms with Crippen LogP contribution in [-0.4, -0.2) is 34.2 Å². The number of aromatic nitrogens is 2. The number of para-hydroxylation sites is 2. The Kier molecular flexibility index (Phi) is 3.90. The Bertz CT molecular complexity index is 652. The zero-order valence-electron chi connectivity index (χ0n) is 12.1. The molecule has 3 rings (SSSR count). The summed E-state index contributed by atoms with van der Waals surface area (Å²) < 4.78 is 7.58. The molecule has 6 heteroatoms. The van der Waals surface area contributed by atoms with Crippen molar-refractivity contribution in [1.29, 1.82) is 0 Å². The molecule has 2 heterocycles. The SMILES string of the molecule is Cn1c(CNC(=O)[C@@H]2CC[C@H](CN)O2)nc2ccccc21. The predicted molar refractivity (Wildman–Crippen MR) is 79.5 cm³/mol. The van der Waals surface area contributed by atoms with Gasteiger partial charge in [-0.15, -0.1) is 0 Å². The van der Waals surface area contributed by atoms with Gasteiger partial charge in [0.1, 0.15) is 11.9 Å². The molecule has 1 amide bonds. The van der Waals surface area contributed by atoms with E-state index >= 15 is 0 Å². The molecule has 0 saturated carbocycles. The van der Waals surface area contributed by atoms with Crippen LogP contribution >= 0.6 is 0 Å². The van der Waals surface area contributed by atoms with Crippen molar-refractivity contribution in [3.8, 4) is 0 Å². The number of hydrogen-bond donors (Lipinski definition) is 2. The summed E-state index contributed by atoms with van der Waals surface area (Å²) >= 11 is 0. The number of nitrogens with two attached hydrogens (primary N) is 1. The number of nitrogens with one attached hydrogen (secondary N) is 1. The van der Waals surface area contributed by atoms with Gasteiger partial charge in [-0.2, -0.15) is 0 Å². The van der Waals surface area contributed by atoms with E-state index in [1.165, 1.54) is 0 Å². The molecule has 2 atom stereocenters. The smallest absolute Gasteiger partial charge is 0.249 e. The van der Waals surface area contributed by atoms with Crippen LogP contribution in [0.25, 0.3) is 11.0 Å². The number of nitrogens with zero attached hydrogens (tertiary/aromatic N) is 2. The van der Waals surface area contributed by atoms with Crippen molar-refractivity contribution in [2.75, 3.05) is 6.54 Å². The highest BCUT2D eigenvalue weighted by molar-refractivity contribution is 5.81. The molecule has 3 N–H and O–H groups in total. The number of benzene rings is 1. The maximum Gasteiger partial charge on any atom is 0.249 e. The number of carbonyl (C=O) groups is 1. The minimum atomic E-state index is -0.381. The van der Waals surface area contributed by atoms with Gasteiger partial charge in [-0.05, 0) is 25.0 Å². The van der Waals surface area contributed by atoms with Gasteiger partial charge in [-0.1, -0.05) is 12.1 Å². The number of imidazole rings is 1. The third kappa shape index (κ3) is 2.77. The highest BCUT2D eigenvalue weighted by Crippen LogP contribution is 2.19. The normalized spacial score (nSPS) is 21.8. The van der Waals surface area contributed by atoms with Crippen LogP contribution in [0.1, 0.15) is 18.7 Å². The standard InChI is InChI=1S/C15H20N4O2/c1-19-12-5-3-2-4-11(12)18-14(19)9-17-15(20)13-7-6-10(8-16)21-13/h2-5,10,13H,6-9,16H2,1H3,(H,17,20)/t10-,13+/m1/s1. The lowest BCUT2D eigenvalue weighted by Gasteiger charge is -2.12. The number of rotatable bonds is 4. The minimum Gasteiger partial charge on any atom is -0.364 e. The van der Waals surface area contributed by atoms with Crippen LogP contribution in [0.2, 0.25) is 0 Å². The Balaban J connectivity index is 1.64. The Labute approximate surface area is 123 Å². The lowest BCUT2D eigenvalue weighted by molar-refractivity contribution is -0.132. The largest absolute Gasteiger partial charge is 0.364 e. The van der Waals surface area contributed by atoms with Gasteiger partial charge < -0.3 is 20.4 Å². The third-order valence-corrected chi connectivity index (χ3v) is 3.96. The minimum absolute atomic E-state index is 0.0106. The van der Waals surface area contributed by atoms with Crippen LogP contribution in [0.3, 0.4) is 0 Å². The van der Waals surface area contributed by atoms with Crippen LogP contribution in [-0.2, 0) is 23.1 Å². The third-order valence-electron chi connectivity index (χ3n) is 3.96. The van der Waals surface area contributed by atoms with E-state index in [-0.39, 0.29) is 18.1 Å². The zero-order chi connectivity index (χ0) is 14.8. The van der Waals surface area contributed by atoms with Gasteiger partial charge in [-0.25, -0.2) is 4.98 Å². The van der Waals surface area contributed by atoms with E-state index in [4.69, 9.17) is 10.5 Å². The number of aryl methyl sites for hydroxylation is 1. The topological polar surface area (TPSA) is 82.2 Å². The molecule has 2 aromatic rings. The van der Waals surface area contributed by atoms with Crippen LogP contribution < -0.4 is 11.1 Å². The number of hydrogen-bond acceptors (Lipinski definition) is 4. The summed E-state index contributed by atoms with van der Waals surface area (Å²) in [6.07, 6.45) is 1.21. The molecule has 0 bridgehead atoms. The van der Waals surface area contributed by atoms with Crippen molar-refractivity contribution in [3.63, 3.8) is 0 Å². The predicted octanol–water partition coefficient (Wildman–Crippen LogP) is 0.696. The first-order valence-corrected chi connectivity index (χ1v) is 7.22. The van der Waals surface area contributed by atoms with Crippen molar-refractivity contribution in [1.82, 2.24) is 14.9 Å². The molecule has 0 aliphatic carbocycles. The van der Waals surface area contributed by atoms with Crippen LogP contribution in [0.4, 0.5) is 0 Å². The maximum atomic E-state index is 12.1. The van der Waals surface area contributed by atoms with Gasteiger partial charge in [0.15, 0.2) is 0 Å². The average molecular weight is 288 g/mol. The monoisotopic (exact) mass is 288 g/mol. The van der Waals surface area contributed by atoms with E-state index in [9.17, 15) is 4.79 Å². The van der Waals surface area contributed by atoms with Gasteiger partial charge in [0.2, 0.25) is 5.91 Å². The second-order valence-electron chi connectivity index (χ2n) is 5.35. The summed E-state index contributed by atoms with van der Waals surface area (Å²) in [4.78, 5) is 16.6. The van der Waals surface area contributed by atoms with Crippen molar-refractivity contribution in [3.05, 3.63) is 30.1 Å². The van der Waals surface area contributed by atoms with Crippen molar-refractivity contribution in [2.24, 2.45) is 12.8 Å². The van der Waals surface area contributed by atoms with E-state index in [2.05, 4.69) is 10.3 Å². The second-order valence-corrected chi connectivity index (χ2v) is 5.35. The first-order chi connectivity index (χ1) is 10.2. The fraction of sp³-hybridized carbons (Fsp3) is 0.467. The zero-order valence-corrected chi connectivity index (χ0v) is 12.1. The molecule has 1 aliphatic heterocycles. The fourth-order valence-electron chi connectivity index (χ4n) is 2.71. The van der Waals surface area contributed by atoms with E-state index in [0.29, 0.717) is 13.1 Å². The van der Waals surface area contributed by atoms with Gasteiger partial charge in [-0.3, -0.25) is 4.79 Å². The van der Waals surface area contributed by atoms with Crippen LogP contribution in [0.15, 0.2) is 24.3 Å². The first kappa shape index (κ1) is 14.0. The Hall–Kier alpha value is -1.92. The molecule has 1 saturated heterocycles. The van der Waals surface area contributed by atoms with Crippen molar-refractivity contribution >= 4 is 16.9 Å². The molecule has 1 aliphatic rings. The summed E-state index contributed by atoms with van der Waals surface area (Å²) in [5.41, 5.74) is 7.55. The maximum absolute atomic E-state index is 12.1. The first-order valence-electron chi connectivity index (χ1n) is 7.22. The highest BCUT2D eigenvalue weighted by Gasteiger charge is 2.29. The molecule has 1 fully saturated rings. The van der Waals surface area contributed by atoms with E-state index < -0.39 is 0 Å². The van der Waals surface area contributed by atoms with Crippen LogP contribution in [0, 0.1) is 0 Å². The molecule has 6 nitrogen and oxygen atoms in total. The summed E-state index contributed by atoms with van der Waals surface area (Å²) in [5, 5.41) is 2.90. The van der Waals surface area contributed by atoms with Gasteiger partial charge in [0.05, 0.1) is 23.7 Å².